The summed E-state index contributed by atoms with van der Waals surface area (Å²) in [5.74, 6) is 0.910. The molecule has 0 bridgehead atoms. The van der Waals surface area contributed by atoms with E-state index in [1.165, 1.54) is 0 Å². The number of nitrogens with zero attached hydrogens (tertiary/aromatic N) is 5. The molecule has 0 unspecified atom stereocenters. The van der Waals surface area contributed by atoms with Crippen LogP contribution in [0.2, 0.25) is 5.28 Å². The zero-order valence-electron chi connectivity index (χ0n) is 10.6. The van der Waals surface area contributed by atoms with Crippen molar-refractivity contribution >= 4 is 17.5 Å². The van der Waals surface area contributed by atoms with Gasteiger partial charge in [-0.1, -0.05) is 6.92 Å². The van der Waals surface area contributed by atoms with Gasteiger partial charge in [0.2, 0.25) is 17.2 Å². The third kappa shape index (κ3) is 2.95. The zero-order chi connectivity index (χ0) is 13.2. The van der Waals surface area contributed by atoms with E-state index in [9.17, 15) is 0 Å². The van der Waals surface area contributed by atoms with Crippen molar-refractivity contribution in [3.8, 4) is 5.95 Å². The molecule has 0 fully saturated rings. The highest BCUT2D eigenvalue weighted by Gasteiger charge is 2.17. The molecule has 2 rings (SSSR count). The summed E-state index contributed by atoms with van der Waals surface area (Å²) < 4.78 is 1.68. The Hall–Kier alpha value is -1.69. The summed E-state index contributed by atoms with van der Waals surface area (Å²) in [4.78, 5) is 16.4. The zero-order valence-corrected chi connectivity index (χ0v) is 11.3. The predicted molar refractivity (Wildman–Crippen MR) is 70.0 cm³/mol. The Morgan fingerprint density at radius 1 is 1.33 bits per heavy atom. The van der Waals surface area contributed by atoms with E-state index in [2.05, 4.69) is 46.0 Å². The van der Waals surface area contributed by atoms with Gasteiger partial charge in [0.25, 0.3) is 0 Å². The largest absolute Gasteiger partial charge is 0.349 e. The van der Waals surface area contributed by atoms with E-state index >= 15 is 0 Å². The molecule has 0 aliphatic rings. The average molecular weight is 267 g/mol. The lowest BCUT2D eigenvalue weighted by molar-refractivity contribution is 0.541. The van der Waals surface area contributed by atoms with Crippen LogP contribution < -0.4 is 5.32 Å². The maximum atomic E-state index is 5.90. The summed E-state index contributed by atoms with van der Waals surface area (Å²) in [5, 5.41) is 3.39. The van der Waals surface area contributed by atoms with Crippen LogP contribution in [0.5, 0.6) is 0 Å². The first-order chi connectivity index (χ1) is 8.50. The summed E-state index contributed by atoms with van der Waals surface area (Å²) in [6.07, 6.45) is 5.96. The van der Waals surface area contributed by atoms with Crippen LogP contribution in [0, 0.1) is 0 Å². The smallest absolute Gasteiger partial charge is 0.241 e. The minimum atomic E-state index is -0.100. The molecule has 0 saturated carbocycles. The van der Waals surface area contributed by atoms with Crippen LogP contribution in [0.15, 0.2) is 18.7 Å². The van der Waals surface area contributed by atoms with Crippen molar-refractivity contribution < 1.29 is 0 Å². The number of nitrogens with one attached hydrogen (secondary N) is 1. The first kappa shape index (κ1) is 12.8. The molecule has 0 radical (unpaired) electrons. The Bertz CT molecular complexity index is 522. The fraction of sp³-hybridized carbons (Fsp3) is 0.455. The fourth-order valence-corrected chi connectivity index (χ4v) is 1.44. The van der Waals surface area contributed by atoms with Crippen LogP contribution in [0.4, 0.5) is 5.95 Å². The Morgan fingerprint density at radius 3 is 2.72 bits per heavy atom. The van der Waals surface area contributed by atoms with Crippen molar-refractivity contribution in [2.75, 3.05) is 5.32 Å². The van der Waals surface area contributed by atoms with Gasteiger partial charge in [-0.3, -0.25) is 4.57 Å². The van der Waals surface area contributed by atoms with Crippen LogP contribution in [-0.4, -0.2) is 30.0 Å². The first-order valence-electron chi connectivity index (χ1n) is 5.68. The van der Waals surface area contributed by atoms with E-state index in [0.29, 0.717) is 11.9 Å². The molecule has 0 aliphatic heterocycles. The number of hydrogen-bond acceptors (Lipinski definition) is 5. The number of halogens is 1. The molecule has 6 nitrogen and oxygen atoms in total. The Kier molecular flexibility index (Phi) is 3.47. The molecule has 0 spiro atoms. The maximum absolute atomic E-state index is 5.90. The standard InChI is InChI=1S/C11H15ClN6/c1-4-11(2,3)17-9-14-8(12)15-10(16-9)18-6-5-13-7-18/h5-7H,4H2,1-3H3,(H,14,15,16,17). The summed E-state index contributed by atoms with van der Waals surface area (Å²) in [5.41, 5.74) is -0.100. The van der Waals surface area contributed by atoms with Gasteiger partial charge < -0.3 is 5.32 Å². The third-order valence-electron chi connectivity index (χ3n) is 2.67. The van der Waals surface area contributed by atoms with Gasteiger partial charge in [0.1, 0.15) is 6.33 Å². The third-order valence-corrected chi connectivity index (χ3v) is 2.83. The van der Waals surface area contributed by atoms with Gasteiger partial charge in [0, 0.05) is 17.9 Å². The van der Waals surface area contributed by atoms with Crippen LogP contribution in [-0.2, 0) is 0 Å². The number of hydrogen-bond donors (Lipinski definition) is 1. The number of rotatable bonds is 4. The van der Waals surface area contributed by atoms with Crippen molar-refractivity contribution in [2.45, 2.75) is 32.7 Å². The minimum absolute atomic E-state index is 0.100. The van der Waals surface area contributed by atoms with Crippen molar-refractivity contribution in [1.82, 2.24) is 24.5 Å². The lowest BCUT2D eigenvalue weighted by Gasteiger charge is -2.24. The number of imidazole rings is 1. The molecule has 0 amide bonds. The molecule has 0 aliphatic carbocycles. The monoisotopic (exact) mass is 266 g/mol. The van der Waals surface area contributed by atoms with Gasteiger partial charge in [0.05, 0.1) is 0 Å². The van der Waals surface area contributed by atoms with E-state index in [0.717, 1.165) is 6.42 Å². The normalized spacial score (nSPS) is 11.6. The van der Waals surface area contributed by atoms with Crippen LogP contribution in [0.1, 0.15) is 27.2 Å². The predicted octanol–water partition coefficient (Wildman–Crippen LogP) is 2.31. The van der Waals surface area contributed by atoms with Crippen LogP contribution in [0.25, 0.3) is 5.95 Å². The van der Waals surface area contributed by atoms with Gasteiger partial charge in [-0.25, -0.2) is 4.98 Å². The Labute approximate surface area is 110 Å². The quantitative estimate of drug-likeness (QED) is 0.920. The first-order valence-corrected chi connectivity index (χ1v) is 6.06. The van der Waals surface area contributed by atoms with Gasteiger partial charge in [0.15, 0.2) is 0 Å². The van der Waals surface area contributed by atoms with Crippen LogP contribution >= 0.6 is 11.6 Å². The highest BCUT2D eigenvalue weighted by Crippen LogP contribution is 2.16. The molecule has 2 aromatic heterocycles. The lowest BCUT2D eigenvalue weighted by atomic mass is 10.0. The minimum Gasteiger partial charge on any atom is -0.349 e. The van der Waals surface area contributed by atoms with Crippen molar-refractivity contribution in [2.24, 2.45) is 0 Å². The highest BCUT2D eigenvalue weighted by molar-refractivity contribution is 6.28. The molecule has 0 atom stereocenters. The van der Waals surface area contributed by atoms with E-state index in [-0.39, 0.29) is 10.8 Å². The lowest BCUT2D eigenvalue weighted by Crippen LogP contribution is -2.31. The van der Waals surface area contributed by atoms with Crippen molar-refractivity contribution in [3.63, 3.8) is 0 Å². The second-order valence-electron chi connectivity index (χ2n) is 4.56. The molecule has 0 aromatic carbocycles. The second kappa shape index (κ2) is 4.89. The van der Waals surface area contributed by atoms with Gasteiger partial charge >= 0.3 is 0 Å². The summed E-state index contributed by atoms with van der Waals surface area (Å²) >= 11 is 5.90. The topological polar surface area (TPSA) is 68.5 Å². The molecular weight excluding hydrogens is 252 g/mol. The Morgan fingerprint density at radius 2 is 2.11 bits per heavy atom. The highest BCUT2D eigenvalue weighted by atomic mass is 35.5. The molecule has 1 N–H and O–H groups in total. The molecule has 2 heterocycles. The molecule has 7 heteroatoms. The van der Waals surface area contributed by atoms with Crippen molar-refractivity contribution in [1.29, 1.82) is 0 Å². The molecule has 96 valence electrons. The molecule has 2 aromatic rings. The maximum Gasteiger partial charge on any atom is 0.241 e. The Balaban J connectivity index is 2.33. The summed E-state index contributed by atoms with van der Waals surface area (Å²) in [6.45, 7) is 6.23. The number of aromatic nitrogens is 5. The van der Waals surface area contributed by atoms with E-state index in [4.69, 9.17) is 11.6 Å². The number of anilines is 1. The molecular formula is C11H15ClN6. The van der Waals surface area contributed by atoms with Crippen LogP contribution in [0.3, 0.4) is 0 Å². The fourth-order valence-electron chi connectivity index (χ4n) is 1.28. The SMILES string of the molecule is CCC(C)(C)Nc1nc(Cl)nc(-n2ccnc2)n1. The van der Waals surface area contributed by atoms with Gasteiger partial charge in [-0.2, -0.15) is 15.0 Å². The van der Waals surface area contributed by atoms with E-state index in [1.54, 1.807) is 23.3 Å². The van der Waals surface area contributed by atoms with Gasteiger partial charge in [-0.15, -0.1) is 0 Å². The molecule has 18 heavy (non-hydrogen) atoms. The van der Waals surface area contributed by atoms with E-state index in [1.807, 2.05) is 0 Å². The summed E-state index contributed by atoms with van der Waals surface area (Å²) in [7, 11) is 0. The van der Waals surface area contributed by atoms with Gasteiger partial charge in [-0.05, 0) is 31.9 Å². The second-order valence-corrected chi connectivity index (χ2v) is 4.90. The average Bonchev–Trinajstić information content (AvgIpc) is 2.81. The summed E-state index contributed by atoms with van der Waals surface area (Å²) in [6, 6.07) is 0. The van der Waals surface area contributed by atoms with Crippen molar-refractivity contribution in [3.05, 3.63) is 24.0 Å². The molecule has 0 saturated heterocycles. The van der Waals surface area contributed by atoms with E-state index < -0.39 is 0 Å².